The van der Waals surface area contributed by atoms with Crippen molar-refractivity contribution in [1.82, 2.24) is 8.96 Å². The van der Waals surface area contributed by atoms with Gasteiger partial charge in [0.1, 0.15) is 5.82 Å². The van der Waals surface area contributed by atoms with Gasteiger partial charge in [-0.1, -0.05) is 17.7 Å². The molecule has 2 aromatic rings. The van der Waals surface area contributed by atoms with Gasteiger partial charge >= 0.3 is 0 Å². The molecule has 0 unspecified atom stereocenters. The second-order valence-electron chi connectivity index (χ2n) is 5.18. The zero-order valence-corrected chi connectivity index (χ0v) is 11.9. The summed E-state index contributed by atoms with van der Waals surface area (Å²) in [4.78, 5) is 4.41. The lowest BCUT2D eigenvalue weighted by Gasteiger charge is -2.09. The monoisotopic (exact) mass is 292 g/mol. The van der Waals surface area contributed by atoms with Crippen molar-refractivity contribution in [3.63, 3.8) is 0 Å². The first kappa shape index (κ1) is 13.3. The van der Waals surface area contributed by atoms with Gasteiger partial charge in [0, 0.05) is 24.9 Å². The number of nitrogens with zero attached hydrogens (tertiary/aromatic N) is 2. The van der Waals surface area contributed by atoms with Crippen molar-refractivity contribution in [1.29, 1.82) is 0 Å². The molecule has 2 atom stereocenters. The van der Waals surface area contributed by atoms with Crippen LogP contribution >= 0.6 is 0 Å². The Kier molecular flexibility index (Phi) is 3.14. The highest BCUT2D eigenvalue weighted by atomic mass is 32.2. The molecule has 20 heavy (non-hydrogen) atoms. The van der Waals surface area contributed by atoms with Gasteiger partial charge in [0.15, 0.2) is 0 Å². The van der Waals surface area contributed by atoms with Crippen LogP contribution in [-0.4, -0.2) is 29.1 Å². The van der Waals surface area contributed by atoms with Crippen molar-refractivity contribution < 1.29 is 13.5 Å². The smallest absolute Gasteiger partial charge is 0.269 e. The molecular weight excluding hydrogens is 276 g/mol. The van der Waals surface area contributed by atoms with Gasteiger partial charge in [-0.3, -0.25) is 0 Å². The maximum atomic E-state index is 12.6. The molecule has 1 aliphatic rings. The normalized spacial score (nSPS) is 21.9. The molecule has 1 heterocycles. The van der Waals surface area contributed by atoms with E-state index in [-0.39, 0.29) is 23.3 Å². The number of aliphatic hydroxyl groups is 1. The molecule has 1 fully saturated rings. The molecular formula is C14H16N2O3S. The SMILES string of the molecule is Cc1ccc(S(=O)(=O)n2ccnc2[C@@H]2C[C@H]2CO)cc1. The molecule has 0 amide bonds. The molecule has 5 nitrogen and oxygen atoms in total. The number of hydrogen-bond acceptors (Lipinski definition) is 4. The highest BCUT2D eigenvalue weighted by Crippen LogP contribution is 2.46. The van der Waals surface area contributed by atoms with Crippen LogP contribution in [0, 0.1) is 12.8 Å². The summed E-state index contributed by atoms with van der Waals surface area (Å²) in [6.07, 6.45) is 3.75. The Labute approximate surface area is 118 Å². The van der Waals surface area contributed by atoms with Crippen LogP contribution in [0.2, 0.25) is 0 Å². The standard InChI is InChI=1S/C14H16N2O3S/c1-10-2-4-12(5-3-10)20(18,19)16-7-6-15-14(16)13-8-11(13)9-17/h2-7,11,13,17H,8-9H2,1H3/t11-,13+/m0/s1. The van der Waals surface area contributed by atoms with Crippen molar-refractivity contribution in [3.05, 3.63) is 48.0 Å². The fourth-order valence-corrected chi connectivity index (χ4v) is 3.71. The molecule has 1 saturated carbocycles. The Morgan fingerprint density at radius 2 is 2.05 bits per heavy atom. The molecule has 3 rings (SSSR count). The number of hydrogen-bond donors (Lipinski definition) is 1. The zero-order valence-electron chi connectivity index (χ0n) is 11.1. The first-order valence-corrected chi connectivity index (χ1v) is 7.94. The van der Waals surface area contributed by atoms with Crippen LogP contribution in [0.15, 0.2) is 41.6 Å². The van der Waals surface area contributed by atoms with E-state index in [1.54, 1.807) is 24.3 Å². The number of aromatic nitrogens is 2. The van der Waals surface area contributed by atoms with Crippen LogP contribution in [0.4, 0.5) is 0 Å². The van der Waals surface area contributed by atoms with Gasteiger partial charge in [0.2, 0.25) is 0 Å². The zero-order chi connectivity index (χ0) is 14.3. The first-order chi connectivity index (χ1) is 9.54. The Morgan fingerprint density at radius 1 is 1.35 bits per heavy atom. The molecule has 0 aliphatic heterocycles. The van der Waals surface area contributed by atoms with E-state index in [9.17, 15) is 8.42 Å². The second-order valence-corrected chi connectivity index (χ2v) is 7.00. The van der Waals surface area contributed by atoms with Crippen molar-refractivity contribution >= 4 is 10.0 Å². The summed E-state index contributed by atoms with van der Waals surface area (Å²) in [6, 6.07) is 6.75. The predicted octanol–water partition coefficient (Wildman–Crippen LogP) is 1.52. The third-order valence-electron chi connectivity index (χ3n) is 3.70. The van der Waals surface area contributed by atoms with Crippen molar-refractivity contribution in [2.24, 2.45) is 5.92 Å². The summed E-state index contributed by atoms with van der Waals surface area (Å²) >= 11 is 0. The van der Waals surface area contributed by atoms with Gasteiger partial charge in [-0.2, -0.15) is 0 Å². The van der Waals surface area contributed by atoms with Crippen LogP contribution in [-0.2, 0) is 10.0 Å². The molecule has 1 aromatic heterocycles. The van der Waals surface area contributed by atoms with Gasteiger partial charge in [-0.05, 0) is 31.4 Å². The minimum absolute atomic E-state index is 0.0372. The van der Waals surface area contributed by atoms with E-state index in [0.717, 1.165) is 12.0 Å². The molecule has 1 aliphatic carbocycles. The fourth-order valence-electron chi connectivity index (χ4n) is 2.36. The van der Waals surface area contributed by atoms with Crippen LogP contribution in [0.3, 0.4) is 0 Å². The van der Waals surface area contributed by atoms with Crippen LogP contribution < -0.4 is 0 Å². The summed E-state index contributed by atoms with van der Waals surface area (Å²) in [5, 5.41) is 9.13. The van der Waals surface area contributed by atoms with E-state index in [2.05, 4.69) is 4.98 Å². The maximum absolute atomic E-state index is 12.6. The summed E-state index contributed by atoms with van der Waals surface area (Å²) in [7, 11) is -3.61. The van der Waals surface area contributed by atoms with Gasteiger partial charge in [0.25, 0.3) is 10.0 Å². The second kappa shape index (κ2) is 4.71. The van der Waals surface area contributed by atoms with Crippen LogP contribution in [0.25, 0.3) is 0 Å². The molecule has 0 bridgehead atoms. The van der Waals surface area contributed by atoms with Crippen molar-refractivity contribution in [2.75, 3.05) is 6.61 Å². The number of aliphatic hydroxyl groups excluding tert-OH is 1. The molecule has 106 valence electrons. The van der Waals surface area contributed by atoms with Crippen LogP contribution in [0.5, 0.6) is 0 Å². The summed E-state index contributed by atoms with van der Waals surface area (Å²) in [5.74, 6) is 0.684. The third kappa shape index (κ3) is 2.14. The molecule has 1 N–H and O–H groups in total. The van der Waals surface area contributed by atoms with E-state index in [0.29, 0.717) is 5.82 Å². The summed E-state index contributed by atoms with van der Waals surface area (Å²) in [6.45, 7) is 1.98. The molecule has 0 saturated heterocycles. The van der Waals surface area contributed by atoms with Gasteiger partial charge < -0.3 is 5.11 Å². The average molecular weight is 292 g/mol. The molecule has 0 spiro atoms. The van der Waals surface area contributed by atoms with E-state index < -0.39 is 10.0 Å². The summed E-state index contributed by atoms with van der Waals surface area (Å²) in [5.41, 5.74) is 1.01. The van der Waals surface area contributed by atoms with E-state index in [4.69, 9.17) is 5.11 Å². The fraction of sp³-hybridized carbons (Fsp3) is 0.357. The molecule has 0 radical (unpaired) electrons. The molecule has 1 aromatic carbocycles. The summed E-state index contributed by atoms with van der Waals surface area (Å²) < 4.78 is 26.5. The molecule has 6 heteroatoms. The van der Waals surface area contributed by atoms with E-state index in [1.165, 1.54) is 16.4 Å². The van der Waals surface area contributed by atoms with E-state index >= 15 is 0 Å². The largest absolute Gasteiger partial charge is 0.396 e. The Hall–Kier alpha value is -1.66. The topological polar surface area (TPSA) is 72.2 Å². The number of aryl methyl sites for hydroxylation is 1. The van der Waals surface area contributed by atoms with Crippen LogP contribution in [0.1, 0.15) is 23.7 Å². The highest BCUT2D eigenvalue weighted by molar-refractivity contribution is 7.90. The Bertz CT molecular complexity index is 719. The predicted molar refractivity (Wildman–Crippen MR) is 73.9 cm³/mol. The van der Waals surface area contributed by atoms with E-state index in [1.807, 2.05) is 6.92 Å². The van der Waals surface area contributed by atoms with Gasteiger partial charge in [-0.25, -0.2) is 17.4 Å². The Morgan fingerprint density at radius 3 is 2.65 bits per heavy atom. The van der Waals surface area contributed by atoms with Crippen molar-refractivity contribution in [2.45, 2.75) is 24.2 Å². The lowest BCUT2D eigenvalue weighted by Crippen LogP contribution is -2.15. The lowest BCUT2D eigenvalue weighted by molar-refractivity contribution is 0.273. The number of rotatable bonds is 4. The third-order valence-corrected chi connectivity index (χ3v) is 5.40. The van der Waals surface area contributed by atoms with Gasteiger partial charge in [0.05, 0.1) is 4.90 Å². The van der Waals surface area contributed by atoms with Gasteiger partial charge in [-0.15, -0.1) is 0 Å². The highest BCUT2D eigenvalue weighted by Gasteiger charge is 2.42. The maximum Gasteiger partial charge on any atom is 0.269 e. The minimum Gasteiger partial charge on any atom is -0.396 e. The lowest BCUT2D eigenvalue weighted by atomic mass is 10.2. The quantitative estimate of drug-likeness (QED) is 0.927. The van der Waals surface area contributed by atoms with Crippen molar-refractivity contribution in [3.8, 4) is 0 Å². The first-order valence-electron chi connectivity index (χ1n) is 6.50. The minimum atomic E-state index is -3.61. The average Bonchev–Trinajstić information content (AvgIpc) is 3.05. The number of benzene rings is 1. The number of imidazole rings is 1. The Balaban J connectivity index is 2.00.